The highest BCUT2D eigenvalue weighted by Crippen LogP contribution is 2.54. The summed E-state index contributed by atoms with van der Waals surface area (Å²) in [7, 11) is 22.9. The number of hydrogen-bond acceptors (Lipinski definition) is 21. The maximum absolute atomic E-state index is 13.1. The van der Waals surface area contributed by atoms with Crippen LogP contribution in [0.25, 0.3) is 0 Å². The molecule has 5 saturated carbocycles. The summed E-state index contributed by atoms with van der Waals surface area (Å²) >= 11 is 0. The van der Waals surface area contributed by atoms with Crippen molar-refractivity contribution in [1.29, 1.82) is 0 Å². The second kappa shape index (κ2) is 49.0. The van der Waals surface area contributed by atoms with Crippen LogP contribution in [0.1, 0.15) is 343 Å². The van der Waals surface area contributed by atoms with Gasteiger partial charge in [0.1, 0.15) is 0 Å². The molecule has 0 bridgehead atoms. The first-order valence-electron chi connectivity index (χ1n) is 52.7. The number of rotatable bonds is 37. The van der Waals surface area contributed by atoms with Gasteiger partial charge in [-0.25, -0.2) is 0 Å². The van der Waals surface area contributed by atoms with Gasteiger partial charge in [0.15, 0.2) is 0 Å². The van der Waals surface area contributed by atoms with Crippen molar-refractivity contribution in [3.63, 3.8) is 0 Å². The van der Waals surface area contributed by atoms with E-state index in [-0.39, 0.29) is 22.2 Å². The zero-order valence-electron chi connectivity index (χ0n) is 85.8. The van der Waals surface area contributed by atoms with Gasteiger partial charge in [-0.15, -0.1) is 0 Å². The molecule has 7 aliphatic heterocycles. The van der Waals surface area contributed by atoms with Gasteiger partial charge in [0.25, 0.3) is 0 Å². The van der Waals surface area contributed by atoms with Crippen LogP contribution in [0.3, 0.4) is 0 Å². The van der Waals surface area contributed by atoms with Crippen molar-refractivity contribution in [2.24, 2.45) is 10.8 Å². The number of aryl methyl sites for hydroxylation is 4. The minimum absolute atomic E-state index is 0.0799. The second-order valence-corrected chi connectivity index (χ2v) is 43.3. The highest BCUT2D eigenvalue weighted by Gasteiger charge is 2.50. The third kappa shape index (κ3) is 26.3. The molecule has 27 heteroatoms. The normalized spacial score (nSPS) is 25.1. The smallest absolute Gasteiger partial charge is 0.229 e. The summed E-state index contributed by atoms with van der Waals surface area (Å²) in [6.45, 7) is 41.9. The number of carbonyl (C=O) groups excluding carboxylic acids is 1. The molecule has 12 heterocycles. The molecule has 5 N–H and O–H groups in total. The van der Waals surface area contributed by atoms with Crippen LogP contribution < -0.4 is 26.6 Å². The van der Waals surface area contributed by atoms with Crippen LogP contribution in [-0.2, 0) is 126 Å². The molecule has 27 nitrogen and oxygen atoms in total. The number of likely N-dealkylation sites (N-methyl/N-ethyl adjacent to an activating group) is 10. The van der Waals surface area contributed by atoms with E-state index in [4.69, 9.17) is 49.2 Å². The molecule has 1 amide bonds. The van der Waals surface area contributed by atoms with E-state index in [1.165, 1.54) is 211 Å². The zero-order valence-corrected chi connectivity index (χ0v) is 85.8. The third-order valence-electron chi connectivity index (χ3n) is 33.0. The lowest BCUT2D eigenvalue weighted by Gasteiger charge is -2.43. The molecular weight excluding hydrogens is 1640 g/mol. The SMILES string of the molecule is CCCOC1(C)CCC(c2c(CN(C)CCNC)nn3c2CCC3)CC1.CCOC1(C)CCC(c2c(CN(C)CCNC)nn3c2CCC3)CC1.CNCCN(C)Cc1nn2c(c1C1CCC(C)(OC)CC1)CCC2.CNCCN(C)Cc1nn2c(c1C1CCC3(CC1)CCN(C(C)C)C3=O)COCC2.CNCCN(C)Cc1nn2c(c1C1CCC3(CCOCC3)CC1)CCC2. The Hall–Kier alpha value is -5.08. The molecule has 131 heavy (non-hydrogen) atoms. The molecule has 0 radical (unpaired) electrons. The summed E-state index contributed by atoms with van der Waals surface area (Å²) in [5.41, 5.74) is 22.6. The van der Waals surface area contributed by atoms with E-state index in [1.54, 1.807) is 27.9 Å². The molecule has 2 saturated heterocycles. The number of aromatic nitrogens is 10. The summed E-state index contributed by atoms with van der Waals surface area (Å²) in [6.07, 6.45) is 38.8. The molecule has 5 aliphatic carbocycles. The lowest BCUT2D eigenvalue weighted by Crippen LogP contribution is -2.40. The van der Waals surface area contributed by atoms with Crippen molar-refractivity contribution in [3.05, 3.63) is 84.8 Å². The van der Waals surface area contributed by atoms with Crippen molar-refractivity contribution in [2.45, 2.75) is 378 Å². The van der Waals surface area contributed by atoms with Crippen LogP contribution >= 0.6 is 0 Å². The van der Waals surface area contributed by atoms with Crippen molar-refractivity contribution in [3.8, 4) is 0 Å². The van der Waals surface area contributed by atoms with Crippen LogP contribution in [0.15, 0.2) is 0 Å². The molecule has 7 fully saturated rings. The Morgan fingerprint density at radius 2 is 0.702 bits per heavy atom. The third-order valence-corrected chi connectivity index (χ3v) is 33.0. The molecule has 12 aliphatic rings. The number of nitrogens with one attached hydrogen (secondary N) is 5. The maximum atomic E-state index is 13.1. The van der Waals surface area contributed by atoms with Crippen LogP contribution in [-0.4, -0.2) is 290 Å². The molecule has 0 unspecified atom stereocenters. The highest BCUT2D eigenvalue weighted by atomic mass is 16.5. The number of carbonyl (C=O) groups is 1. The molecule has 2 spiro atoms. The average molecular weight is 1820 g/mol. The number of methoxy groups -OCH3 is 1. The first kappa shape index (κ1) is 103. The quantitative estimate of drug-likeness (QED) is 0.0249. The monoisotopic (exact) mass is 1820 g/mol. The highest BCUT2D eigenvalue weighted by molar-refractivity contribution is 5.85. The van der Waals surface area contributed by atoms with Gasteiger partial charge in [0, 0.05) is 221 Å². The van der Waals surface area contributed by atoms with Crippen LogP contribution in [0.4, 0.5) is 0 Å². The molecular formula is C104H183N21O6. The van der Waals surface area contributed by atoms with E-state index in [1.807, 2.05) is 42.3 Å². The second-order valence-electron chi connectivity index (χ2n) is 43.3. The van der Waals surface area contributed by atoms with Crippen molar-refractivity contribution in [1.82, 2.24) is 105 Å². The Morgan fingerprint density at radius 3 is 1.02 bits per heavy atom. The number of likely N-dealkylation sites (tertiary alicyclic amines) is 1. The molecule has 740 valence electrons. The van der Waals surface area contributed by atoms with Crippen molar-refractivity contribution >= 4 is 5.91 Å². The summed E-state index contributed by atoms with van der Waals surface area (Å²) in [5, 5.41) is 41.3. The Balaban J connectivity index is 0.000000140. The summed E-state index contributed by atoms with van der Waals surface area (Å²) in [6, 6.07) is 0.314. The number of fused-ring (bicyclic) bond motifs is 5. The summed E-state index contributed by atoms with van der Waals surface area (Å²) in [5.74, 6) is 3.64. The molecule has 5 aromatic heterocycles. The van der Waals surface area contributed by atoms with Gasteiger partial charge in [0.2, 0.25) is 5.91 Å². The standard InChI is InChI=1S/C23H39N5O2.C21H36N4O.C21H38N4O.C20H36N4O.C19H34N4O/c1-17(2)27-11-9-23(22(27)29)7-5-18(6-8-23)21-19(15-26(4)12-10-24-3)25-28-13-14-30-16-20(21)28;1-22-11-13-24(2)16-18-20(19-4-3-12-25(19)23-18)17-5-7-21(8-6-17)9-14-26-15-10-21;1-5-15-26-21(2)10-8-17(9-11-21)20-18(16-24(4)14-12-22-3)23-25-13-6-7-19(20)25;1-5-25-20(2)10-8-16(9-11-20)19-17(15-23(4)14-12-21-3)22-24-13-6-7-18(19)24;1-19(24-4)9-7-15(8-10-19)18-16(14-22(3)13-11-20-2)21-23-12-5-6-17(18)23/h17-18,24H,5-16H2,1-4H3;17,22H,3-16H2,1-2H3;17,22H,5-16H2,1-4H3;16,21H,5-15H2,1-4H3;15,20H,5-14H2,1-4H3. The van der Waals surface area contributed by atoms with Gasteiger partial charge < -0.3 is 55.2 Å². The Labute approximate surface area is 791 Å². The van der Waals surface area contributed by atoms with Gasteiger partial charge in [-0.3, -0.25) is 52.7 Å². The summed E-state index contributed by atoms with van der Waals surface area (Å²) < 4.78 is 40.8. The van der Waals surface area contributed by atoms with E-state index in [0.717, 1.165) is 228 Å². The van der Waals surface area contributed by atoms with Gasteiger partial charge >= 0.3 is 0 Å². The minimum Gasteiger partial charge on any atom is -0.381 e. The Bertz CT molecular complexity index is 4260. The molecule has 0 atom stereocenters. The fraction of sp³-hybridized carbons (Fsp3) is 0.846. The fourth-order valence-electron chi connectivity index (χ4n) is 24.8. The van der Waals surface area contributed by atoms with Gasteiger partial charge in [-0.1, -0.05) is 6.92 Å². The number of hydrogen-bond donors (Lipinski definition) is 5. The lowest BCUT2D eigenvalue weighted by molar-refractivity contribution is -0.139. The van der Waals surface area contributed by atoms with Crippen LogP contribution in [0.5, 0.6) is 0 Å². The first-order chi connectivity index (χ1) is 63.3. The van der Waals surface area contributed by atoms with E-state index in [2.05, 4.69) is 163 Å². The average Bonchev–Trinajstić information content (AvgIpc) is 1.59. The van der Waals surface area contributed by atoms with E-state index in [0.29, 0.717) is 47.6 Å². The predicted molar refractivity (Wildman–Crippen MR) is 528 cm³/mol. The van der Waals surface area contributed by atoms with Gasteiger partial charge in [0.05, 0.1) is 76.1 Å². The van der Waals surface area contributed by atoms with E-state index >= 15 is 0 Å². The number of ether oxygens (including phenoxy) is 5. The number of nitrogens with zero attached hydrogens (tertiary/aromatic N) is 16. The Kier molecular flexibility index (Phi) is 38.6. The molecule has 0 aromatic carbocycles. The number of amides is 1. The topological polar surface area (TPSA) is 232 Å². The van der Waals surface area contributed by atoms with Crippen molar-refractivity contribution < 1.29 is 28.5 Å². The summed E-state index contributed by atoms with van der Waals surface area (Å²) in [4.78, 5) is 27.2. The maximum Gasteiger partial charge on any atom is 0.229 e. The van der Waals surface area contributed by atoms with Crippen LogP contribution in [0, 0.1) is 10.8 Å². The first-order valence-corrected chi connectivity index (χ1v) is 52.7. The van der Waals surface area contributed by atoms with E-state index < -0.39 is 0 Å². The fourth-order valence-corrected chi connectivity index (χ4v) is 24.8. The van der Waals surface area contributed by atoms with Crippen molar-refractivity contribution in [2.75, 3.05) is 183 Å². The largest absolute Gasteiger partial charge is 0.381 e. The van der Waals surface area contributed by atoms with Crippen LogP contribution in [0.2, 0.25) is 0 Å². The minimum atomic E-state index is -0.103. The van der Waals surface area contributed by atoms with E-state index in [9.17, 15) is 4.79 Å². The van der Waals surface area contributed by atoms with Gasteiger partial charge in [-0.2, -0.15) is 25.5 Å². The molecule has 17 rings (SSSR count). The zero-order chi connectivity index (χ0) is 92.9. The Morgan fingerprint density at radius 1 is 0.389 bits per heavy atom. The van der Waals surface area contributed by atoms with Gasteiger partial charge in [-0.05, 0) is 352 Å². The molecule has 5 aromatic rings. The predicted octanol–water partition coefficient (Wildman–Crippen LogP) is 14.1. The lowest BCUT2D eigenvalue weighted by atomic mass is 9.65.